The molecule has 14 heavy (non-hydrogen) atoms. The molecule has 1 aliphatic carbocycles. The third kappa shape index (κ3) is 1.77. The Balaban J connectivity index is 2.25. The van der Waals surface area contributed by atoms with Crippen LogP contribution in [0.5, 0.6) is 0 Å². The van der Waals surface area contributed by atoms with Crippen LogP contribution in [0.15, 0.2) is 10.5 Å². The van der Waals surface area contributed by atoms with Crippen LogP contribution in [0.1, 0.15) is 36.5 Å². The normalized spacial score (nSPS) is 20.5. The fraction of sp³-hybridized carbons (Fsp3) is 0.500. The van der Waals surface area contributed by atoms with E-state index >= 15 is 0 Å². The van der Waals surface area contributed by atoms with Crippen LogP contribution in [0.4, 0.5) is 0 Å². The lowest BCUT2D eigenvalue weighted by Gasteiger charge is -2.18. The summed E-state index contributed by atoms with van der Waals surface area (Å²) < 4.78 is 5.32. The zero-order valence-electron chi connectivity index (χ0n) is 7.62. The van der Waals surface area contributed by atoms with E-state index < -0.39 is 5.97 Å². The van der Waals surface area contributed by atoms with Crippen LogP contribution in [0.2, 0.25) is 5.22 Å². The molecule has 0 aromatic carbocycles. The van der Waals surface area contributed by atoms with Crippen LogP contribution in [0, 0.1) is 0 Å². The molecule has 0 aliphatic heterocycles. The number of rotatable bonds is 2. The van der Waals surface area contributed by atoms with E-state index in [0.29, 0.717) is 5.22 Å². The molecule has 1 N–H and O–H groups in total. The molecule has 76 valence electrons. The summed E-state index contributed by atoms with van der Waals surface area (Å²) >= 11 is 5.74. The highest BCUT2D eigenvalue weighted by atomic mass is 35.5. The number of hydrogen-bond acceptors (Lipinski definition) is 2. The summed E-state index contributed by atoms with van der Waals surface area (Å²) in [5.41, 5.74) is 1.08. The van der Waals surface area contributed by atoms with E-state index in [1.54, 1.807) is 6.07 Å². The van der Waals surface area contributed by atoms with Crippen molar-refractivity contribution >= 4 is 17.6 Å². The lowest BCUT2D eigenvalue weighted by atomic mass is 9.86. The van der Waals surface area contributed by atoms with E-state index in [2.05, 4.69) is 0 Å². The summed E-state index contributed by atoms with van der Waals surface area (Å²) in [6.07, 6.45) is 2.97. The Kier molecular flexibility index (Phi) is 2.50. The maximum absolute atomic E-state index is 10.6. The SMILES string of the molecule is O=C(O)CC1CCCc2cc(Cl)oc21. The Morgan fingerprint density at radius 2 is 2.50 bits per heavy atom. The van der Waals surface area contributed by atoms with Crippen LogP contribution >= 0.6 is 11.6 Å². The molecule has 1 aliphatic rings. The lowest BCUT2D eigenvalue weighted by Crippen LogP contribution is -2.11. The number of halogens is 1. The van der Waals surface area contributed by atoms with Gasteiger partial charge in [-0.15, -0.1) is 0 Å². The first-order valence-electron chi connectivity index (χ1n) is 4.66. The van der Waals surface area contributed by atoms with Crippen molar-refractivity contribution in [1.29, 1.82) is 0 Å². The number of hydrogen-bond donors (Lipinski definition) is 1. The van der Waals surface area contributed by atoms with Gasteiger partial charge in [-0.05, 0) is 42.5 Å². The number of carboxylic acids is 1. The second kappa shape index (κ2) is 3.65. The van der Waals surface area contributed by atoms with Crippen LogP contribution in [0.3, 0.4) is 0 Å². The average molecular weight is 215 g/mol. The predicted molar refractivity (Wildman–Crippen MR) is 51.6 cm³/mol. The fourth-order valence-electron chi connectivity index (χ4n) is 2.02. The molecule has 2 rings (SSSR count). The quantitative estimate of drug-likeness (QED) is 0.824. The summed E-state index contributed by atoms with van der Waals surface area (Å²) in [6.45, 7) is 0. The Morgan fingerprint density at radius 1 is 1.71 bits per heavy atom. The first-order valence-corrected chi connectivity index (χ1v) is 5.04. The predicted octanol–water partition coefficient (Wildman–Crippen LogP) is 2.83. The molecule has 1 unspecified atom stereocenters. The fourth-order valence-corrected chi connectivity index (χ4v) is 2.24. The summed E-state index contributed by atoms with van der Waals surface area (Å²) in [5, 5.41) is 9.09. The molecule has 0 saturated heterocycles. The standard InChI is InChI=1S/C10H11ClO3/c11-8-4-6-2-1-3-7(5-9(12)13)10(6)14-8/h4,7H,1-3,5H2,(H,12,13). The van der Waals surface area contributed by atoms with Crippen LogP contribution < -0.4 is 0 Å². The van der Waals surface area contributed by atoms with Crippen molar-refractivity contribution in [2.75, 3.05) is 0 Å². The van der Waals surface area contributed by atoms with Crippen molar-refractivity contribution in [3.05, 3.63) is 22.6 Å². The number of carbonyl (C=O) groups is 1. The minimum absolute atomic E-state index is 0.00347. The Morgan fingerprint density at radius 3 is 3.21 bits per heavy atom. The number of carboxylic acid groups (broad SMARTS) is 1. The molecule has 3 nitrogen and oxygen atoms in total. The van der Waals surface area contributed by atoms with Gasteiger partial charge in [-0.1, -0.05) is 0 Å². The van der Waals surface area contributed by atoms with E-state index in [-0.39, 0.29) is 12.3 Å². The second-order valence-corrected chi connectivity index (χ2v) is 4.00. The summed E-state index contributed by atoms with van der Waals surface area (Å²) in [4.78, 5) is 10.6. The average Bonchev–Trinajstić information content (AvgIpc) is 2.45. The van der Waals surface area contributed by atoms with Gasteiger partial charge in [-0.3, -0.25) is 4.79 Å². The van der Waals surface area contributed by atoms with Crippen molar-refractivity contribution in [3.63, 3.8) is 0 Å². The topological polar surface area (TPSA) is 50.4 Å². The van der Waals surface area contributed by atoms with E-state index in [0.717, 1.165) is 30.6 Å². The maximum atomic E-state index is 10.6. The number of aliphatic carboxylic acids is 1. The maximum Gasteiger partial charge on any atom is 0.304 e. The number of furan rings is 1. The molecule has 0 spiro atoms. The van der Waals surface area contributed by atoms with Gasteiger partial charge in [0.15, 0.2) is 5.22 Å². The molecule has 1 atom stereocenters. The molecule has 0 radical (unpaired) electrons. The van der Waals surface area contributed by atoms with E-state index in [1.807, 2.05) is 0 Å². The van der Waals surface area contributed by atoms with Gasteiger partial charge < -0.3 is 9.52 Å². The molecule has 1 aromatic rings. The Labute approximate surface area is 86.7 Å². The molecular formula is C10H11ClO3. The highest BCUT2D eigenvalue weighted by Crippen LogP contribution is 2.37. The van der Waals surface area contributed by atoms with E-state index in [9.17, 15) is 4.79 Å². The third-order valence-electron chi connectivity index (χ3n) is 2.60. The Hall–Kier alpha value is -0.960. The van der Waals surface area contributed by atoms with E-state index in [1.165, 1.54) is 0 Å². The van der Waals surface area contributed by atoms with Crippen molar-refractivity contribution in [1.82, 2.24) is 0 Å². The minimum atomic E-state index is -0.782. The van der Waals surface area contributed by atoms with Gasteiger partial charge in [0.2, 0.25) is 0 Å². The number of fused-ring (bicyclic) bond motifs is 1. The molecule has 0 amide bonds. The molecule has 0 saturated carbocycles. The van der Waals surface area contributed by atoms with Crippen LogP contribution in [0.25, 0.3) is 0 Å². The summed E-state index contributed by atoms with van der Waals surface area (Å²) in [6, 6.07) is 1.80. The number of aryl methyl sites for hydroxylation is 1. The van der Waals surface area contributed by atoms with Gasteiger partial charge in [-0.25, -0.2) is 0 Å². The summed E-state index contributed by atoms with van der Waals surface area (Å²) in [5.74, 6) is 0.00257. The minimum Gasteiger partial charge on any atom is -0.481 e. The molecule has 0 bridgehead atoms. The lowest BCUT2D eigenvalue weighted by molar-refractivity contribution is -0.137. The molecule has 1 heterocycles. The third-order valence-corrected chi connectivity index (χ3v) is 2.79. The zero-order valence-corrected chi connectivity index (χ0v) is 8.38. The van der Waals surface area contributed by atoms with Gasteiger partial charge in [0.1, 0.15) is 5.76 Å². The Bertz CT molecular complexity index is 356. The first kappa shape index (κ1) is 9.59. The van der Waals surface area contributed by atoms with Crippen LogP contribution in [-0.4, -0.2) is 11.1 Å². The second-order valence-electron chi connectivity index (χ2n) is 3.63. The first-order chi connectivity index (χ1) is 6.66. The zero-order chi connectivity index (χ0) is 10.1. The van der Waals surface area contributed by atoms with E-state index in [4.69, 9.17) is 21.1 Å². The van der Waals surface area contributed by atoms with Gasteiger partial charge in [0, 0.05) is 5.92 Å². The monoisotopic (exact) mass is 214 g/mol. The van der Waals surface area contributed by atoms with Crippen molar-refractivity contribution in [2.24, 2.45) is 0 Å². The van der Waals surface area contributed by atoms with Crippen LogP contribution in [-0.2, 0) is 11.2 Å². The molecule has 0 fully saturated rings. The highest BCUT2D eigenvalue weighted by molar-refractivity contribution is 6.28. The van der Waals surface area contributed by atoms with Gasteiger partial charge in [0.05, 0.1) is 6.42 Å². The van der Waals surface area contributed by atoms with Crippen molar-refractivity contribution in [3.8, 4) is 0 Å². The van der Waals surface area contributed by atoms with Crippen molar-refractivity contribution < 1.29 is 14.3 Å². The highest BCUT2D eigenvalue weighted by Gasteiger charge is 2.26. The van der Waals surface area contributed by atoms with Gasteiger partial charge in [0.25, 0.3) is 0 Å². The molecular weight excluding hydrogens is 204 g/mol. The molecule has 4 heteroatoms. The smallest absolute Gasteiger partial charge is 0.304 e. The largest absolute Gasteiger partial charge is 0.481 e. The van der Waals surface area contributed by atoms with Gasteiger partial charge >= 0.3 is 5.97 Å². The molecule has 1 aromatic heterocycles. The van der Waals surface area contributed by atoms with Gasteiger partial charge in [-0.2, -0.15) is 0 Å². The van der Waals surface area contributed by atoms with Crippen molar-refractivity contribution in [2.45, 2.75) is 31.6 Å². The summed E-state index contributed by atoms with van der Waals surface area (Å²) in [7, 11) is 0.